The van der Waals surface area contributed by atoms with E-state index in [2.05, 4.69) is 9.71 Å². The van der Waals surface area contributed by atoms with Gasteiger partial charge in [-0.2, -0.15) is 9.98 Å². The molecule has 0 radical (unpaired) electrons. The fraction of sp³-hybridized carbons (Fsp3) is 0.333. The average Bonchev–Trinajstić information content (AvgIpc) is 2.27. The molecule has 0 bridgehead atoms. The number of hydrogen-bond donors (Lipinski definition) is 1. The molecule has 0 amide bonds. The van der Waals surface area contributed by atoms with Crippen LogP contribution in [0.3, 0.4) is 0 Å². The Bertz CT molecular complexity index is 450. The van der Waals surface area contributed by atoms with Crippen LogP contribution < -0.4 is 4.72 Å². The number of hydrogen-bond acceptors (Lipinski definition) is 4. The molecule has 1 atom stereocenters. The number of aromatic nitrogens is 1. The molecule has 1 aromatic heterocycles. The lowest BCUT2D eigenvalue weighted by molar-refractivity contribution is 0.576. The molecule has 0 spiro atoms. The Labute approximate surface area is 88.8 Å². The van der Waals surface area contributed by atoms with Gasteiger partial charge in [0.15, 0.2) is 0 Å². The molecule has 5 nitrogen and oxygen atoms in total. The maximum Gasteiger partial charge on any atom is 0.212 e. The Balaban J connectivity index is 2.89. The fourth-order valence-corrected chi connectivity index (χ4v) is 1.70. The third-order valence-electron chi connectivity index (χ3n) is 1.85. The minimum absolute atomic E-state index is 0.0454. The van der Waals surface area contributed by atoms with Gasteiger partial charge in [0, 0.05) is 12.4 Å². The van der Waals surface area contributed by atoms with Crippen molar-refractivity contribution in [1.29, 1.82) is 5.26 Å². The highest BCUT2D eigenvalue weighted by Gasteiger charge is 2.16. The molecule has 0 aliphatic rings. The summed E-state index contributed by atoms with van der Waals surface area (Å²) < 4.78 is 24.8. The Morgan fingerprint density at radius 2 is 2.13 bits per heavy atom. The minimum Gasteiger partial charge on any atom is -0.265 e. The molecule has 1 aromatic rings. The van der Waals surface area contributed by atoms with Crippen LogP contribution in [-0.2, 0) is 10.0 Å². The number of nitrogens with zero attached hydrogens (tertiary/aromatic N) is 2. The van der Waals surface area contributed by atoms with Crippen LogP contribution in [0.1, 0.15) is 18.5 Å². The Morgan fingerprint density at radius 3 is 2.60 bits per heavy atom. The number of rotatable bonds is 4. The highest BCUT2D eigenvalue weighted by Crippen LogP contribution is 2.11. The first-order valence-electron chi connectivity index (χ1n) is 4.38. The second-order valence-corrected chi connectivity index (χ2v) is 4.91. The zero-order chi connectivity index (χ0) is 11.3. The van der Waals surface area contributed by atoms with Crippen LogP contribution in [-0.4, -0.2) is 19.2 Å². The van der Waals surface area contributed by atoms with Gasteiger partial charge in [-0.05, 0) is 24.6 Å². The van der Waals surface area contributed by atoms with Crippen molar-refractivity contribution in [2.24, 2.45) is 0 Å². The predicted octanol–water partition coefficient (Wildman–Crippen LogP) is 0.586. The summed E-state index contributed by atoms with van der Waals surface area (Å²) >= 11 is 0. The summed E-state index contributed by atoms with van der Waals surface area (Å²) in [4.78, 5) is 3.79. The quantitative estimate of drug-likeness (QED) is 0.812. The zero-order valence-corrected chi connectivity index (χ0v) is 9.03. The molecule has 6 heteroatoms. The maximum absolute atomic E-state index is 11.3. The molecule has 1 unspecified atom stereocenters. The second kappa shape index (κ2) is 4.87. The third-order valence-corrected chi connectivity index (χ3v) is 3.20. The maximum atomic E-state index is 11.3. The van der Waals surface area contributed by atoms with E-state index in [1.807, 2.05) is 6.07 Å². The van der Waals surface area contributed by atoms with Crippen molar-refractivity contribution in [1.82, 2.24) is 9.71 Å². The van der Waals surface area contributed by atoms with E-state index < -0.39 is 16.1 Å². The normalized spacial score (nSPS) is 13.1. The van der Waals surface area contributed by atoms with Crippen LogP contribution in [0.2, 0.25) is 0 Å². The lowest BCUT2D eigenvalue weighted by atomic mass is 10.1. The van der Waals surface area contributed by atoms with Crippen molar-refractivity contribution in [3.05, 3.63) is 30.1 Å². The van der Waals surface area contributed by atoms with Crippen LogP contribution in [0.15, 0.2) is 24.5 Å². The van der Waals surface area contributed by atoms with Gasteiger partial charge in [0.2, 0.25) is 10.0 Å². The van der Waals surface area contributed by atoms with Gasteiger partial charge in [-0.25, -0.2) is 8.42 Å². The van der Waals surface area contributed by atoms with Crippen molar-refractivity contribution < 1.29 is 8.42 Å². The minimum atomic E-state index is -3.37. The largest absolute Gasteiger partial charge is 0.265 e. The van der Waals surface area contributed by atoms with Gasteiger partial charge >= 0.3 is 0 Å². The van der Waals surface area contributed by atoms with E-state index in [1.165, 1.54) is 19.3 Å². The van der Waals surface area contributed by atoms with E-state index in [0.717, 1.165) is 0 Å². The topological polar surface area (TPSA) is 82.9 Å². The SMILES string of the molecule is CCS(=O)(=O)NC(C#N)c1ccncc1. The Hall–Kier alpha value is -1.45. The van der Waals surface area contributed by atoms with Crippen LogP contribution in [0.5, 0.6) is 0 Å². The smallest absolute Gasteiger partial charge is 0.212 e. The Morgan fingerprint density at radius 1 is 1.53 bits per heavy atom. The van der Waals surface area contributed by atoms with E-state index in [0.29, 0.717) is 5.56 Å². The van der Waals surface area contributed by atoms with E-state index in [4.69, 9.17) is 5.26 Å². The summed E-state index contributed by atoms with van der Waals surface area (Å²) in [6.45, 7) is 1.52. The van der Waals surface area contributed by atoms with Gasteiger partial charge in [-0.1, -0.05) is 0 Å². The van der Waals surface area contributed by atoms with Crippen molar-refractivity contribution in [3.63, 3.8) is 0 Å². The van der Waals surface area contributed by atoms with Gasteiger partial charge in [-0.3, -0.25) is 4.98 Å². The van der Waals surface area contributed by atoms with Crippen LogP contribution >= 0.6 is 0 Å². The van der Waals surface area contributed by atoms with Gasteiger partial charge in [0.25, 0.3) is 0 Å². The van der Waals surface area contributed by atoms with Gasteiger partial charge < -0.3 is 0 Å². The monoisotopic (exact) mass is 225 g/mol. The molecule has 0 aliphatic carbocycles. The van der Waals surface area contributed by atoms with Crippen molar-refractivity contribution in [2.45, 2.75) is 13.0 Å². The van der Waals surface area contributed by atoms with Crippen molar-refractivity contribution in [3.8, 4) is 6.07 Å². The Kier molecular flexibility index (Phi) is 3.77. The molecule has 1 heterocycles. The lowest BCUT2D eigenvalue weighted by Crippen LogP contribution is -2.29. The van der Waals surface area contributed by atoms with Gasteiger partial charge in [0.05, 0.1) is 11.8 Å². The average molecular weight is 225 g/mol. The molecule has 1 rings (SSSR count). The standard InChI is InChI=1S/C9H11N3O2S/c1-2-15(13,14)12-9(7-10)8-3-5-11-6-4-8/h3-6,9,12H,2H2,1H3. The summed E-state index contributed by atoms with van der Waals surface area (Å²) in [5.74, 6) is -0.0454. The molecule has 0 saturated heterocycles. The predicted molar refractivity (Wildman–Crippen MR) is 55.2 cm³/mol. The first-order chi connectivity index (χ1) is 7.09. The summed E-state index contributed by atoms with van der Waals surface area (Å²) in [6, 6.07) is 4.25. The summed E-state index contributed by atoms with van der Waals surface area (Å²) in [5.41, 5.74) is 0.588. The molecule has 0 fully saturated rings. The van der Waals surface area contributed by atoms with E-state index >= 15 is 0 Å². The molecule has 80 valence electrons. The van der Waals surface area contributed by atoms with Gasteiger partial charge in [-0.15, -0.1) is 0 Å². The molecular weight excluding hydrogens is 214 g/mol. The molecular formula is C9H11N3O2S. The first-order valence-corrected chi connectivity index (χ1v) is 6.04. The van der Waals surface area contributed by atoms with Crippen LogP contribution in [0.4, 0.5) is 0 Å². The number of pyridine rings is 1. The number of nitrogens with one attached hydrogen (secondary N) is 1. The van der Waals surface area contributed by atoms with E-state index in [-0.39, 0.29) is 5.75 Å². The number of sulfonamides is 1. The van der Waals surface area contributed by atoms with E-state index in [9.17, 15) is 8.42 Å². The first kappa shape index (κ1) is 11.6. The second-order valence-electron chi connectivity index (χ2n) is 2.86. The summed E-state index contributed by atoms with van der Waals surface area (Å²) in [7, 11) is -3.37. The van der Waals surface area contributed by atoms with Crippen molar-refractivity contribution >= 4 is 10.0 Å². The fourth-order valence-electron chi connectivity index (χ4n) is 0.988. The van der Waals surface area contributed by atoms with Gasteiger partial charge in [0.1, 0.15) is 6.04 Å². The molecule has 0 saturated carbocycles. The lowest BCUT2D eigenvalue weighted by Gasteiger charge is -2.10. The zero-order valence-electron chi connectivity index (χ0n) is 8.21. The highest BCUT2D eigenvalue weighted by atomic mass is 32.2. The third kappa shape index (κ3) is 3.31. The molecule has 15 heavy (non-hydrogen) atoms. The highest BCUT2D eigenvalue weighted by molar-refractivity contribution is 7.89. The van der Waals surface area contributed by atoms with Crippen LogP contribution in [0, 0.1) is 11.3 Å². The van der Waals surface area contributed by atoms with E-state index in [1.54, 1.807) is 12.1 Å². The summed E-state index contributed by atoms with van der Waals surface area (Å²) in [6.07, 6.45) is 3.03. The number of nitriles is 1. The molecule has 0 aliphatic heterocycles. The summed E-state index contributed by atoms with van der Waals surface area (Å²) in [5, 5.41) is 8.84. The van der Waals surface area contributed by atoms with Crippen molar-refractivity contribution in [2.75, 3.05) is 5.75 Å². The molecule has 1 N–H and O–H groups in total. The van der Waals surface area contributed by atoms with Crippen LogP contribution in [0.25, 0.3) is 0 Å². The molecule has 0 aromatic carbocycles.